The van der Waals surface area contributed by atoms with Crippen molar-refractivity contribution in [2.75, 3.05) is 0 Å². The van der Waals surface area contributed by atoms with Crippen LogP contribution in [0.25, 0.3) is 0 Å². The van der Waals surface area contributed by atoms with Gasteiger partial charge in [-0.15, -0.1) is 0 Å². The van der Waals surface area contributed by atoms with Crippen LogP contribution >= 0.6 is 23.2 Å². The average Bonchev–Trinajstić information content (AvgIpc) is 2.42. The molecular weight excluding hydrogens is 295 g/mol. The van der Waals surface area contributed by atoms with Gasteiger partial charge in [0, 0.05) is 45.2 Å². The highest BCUT2D eigenvalue weighted by atomic mass is 35.5. The molecule has 0 aromatic rings. The molecule has 98 valence electrons. The average molecular weight is 303 g/mol. The van der Waals surface area contributed by atoms with Crippen molar-refractivity contribution in [2.45, 2.75) is 0 Å². The standard InChI is InChI=1S/C16H8Cl2O2/c17-11-5-14(20)10-4-2-8-12(18)6-13(19)9-3-1-7(11)15(10)16(8)9/h1-8H/t7-,8-/m1/s1. The molecule has 4 rings (SSSR count). The van der Waals surface area contributed by atoms with Crippen LogP contribution in [0.1, 0.15) is 0 Å². The second-order valence-electron chi connectivity index (χ2n) is 5.12. The second kappa shape index (κ2) is 3.94. The van der Waals surface area contributed by atoms with Gasteiger partial charge in [0.2, 0.25) is 0 Å². The van der Waals surface area contributed by atoms with Crippen molar-refractivity contribution in [3.8, 4) is 0 Å². The van der Waals surface area contributed by atoms with E-state index in [1.807, 2.05) is 12.2 Å². The Morgan fingerprint density at radius 1 is 0.750 bits per heavy atom. The molecule has 0 unspecified atom stereocenters. The van der Waals surface area contributed by atoms with E-state index in [0.717, 1.165) is 11.1 Å². The van der Waals surface area contributed by atoms with Gasteiger partial charge in [0.05, 0.1) is 0 Å². The van der Waals surface area contributed by atoms with E-state index in [9.17, 15) is 9.59 Å². The van der Waals surface area contributed by atoms with Crippen molar-refractivity contribution in [3.63, 3.8) is 0 Å². The smallest absolute Gasteiger partial charge is 0.187 e. The summed E-state index contributed by atoms with van der Waals surface area (Å²) in [6.07, 6.45) is 10.2. The quantitative estimate of drug-likeness (QED) is 0.687. The summed E-state index contributed by atoms with van der Waals surface area (Å²) in [5.41, 5.74) is 2.91. The Morgan fingerprint density at radius 2 is 1.15 bits per heavy atom. The van der Waals surface area contributed by atoms with E-state index in [1.165, 1.54) is 12.2 Å². The first kappa shape index (κ1) is 12.1. The minimum absolute atomic E-state index is 0.115. The van der Waals surface area contributed by atoms with Crippen LogP contribution in [0.2, 0.25) is 0 Å². The number of hydrogen-bond donors (Lipinski definition) is 0. The molecule has 0 bridgehead atoms. The highest BCUT2D eigenvalue weighted by molar-refractivity contribution is 6.35. The lowest BCUT2D eigenvalue weighted by Crippen LogP contribution is -2.29. The molecule has 2 nitrogen and oxygen atoms in total. The fourth-order valence-electron chi connectivity index (χ4n) is 3.19. The van der Waals surface area contributed by atoms with Gasteiger partial charge in [-0.1, -0.05) is 47.5 Å². The molecule has 4 heteroatoms. The van der Waals surface area contributed by atoms with Gasteiger partial charge in [-0.2, -0.15) is 0 Å². The third-order valence-electron chi connectivity index (χ3n) is 4.07. The first-order valence-electron chi connectivity index (χ1n) is 6.26. The predicted octanol–water partition coefficient (Wildman–Crippen LogP) is 3.36. The Balaban J connectivity index is 2.03. The minimum atomic E-state index is -0.147. The fourth-order valence-corrected chi connectivity index (χ4v) is 3.75. The maximum absolute atomic E-state index is 12.1. The van der Waals surface area contributed by atoms with Gasteiger partial charge >= 0.3 is 0 Å². The first-order chi connectivity index (χ1) is 9.58. The summed E-state index contributed by atoms with van der Waals surface area (Å²) in [6.45, 7) is 0. The highest BCUT2D eigenvalue weighted by Crippen LogP contribution is 2.50. The van der Waals surface area contributed by atoms with Crippen LogP contribution in [-0.4, -0.2) is 11.6 Å². The van der Waals surface area contributed by atoms with Gasteiger partial charge in [-0.25, -0.2) is 0 Å². The van der Waals surface area contributed by atoms with Crippen molar-refractivity contribution in [1.29, 1.82) is 0 Å². The first-order valence-corrected chi connectivity index (χ1v) is 7.01. The molecule has 0 aromatic heterocycles. The molecule has 0 fully saturated rings. The van der Waals surface area contributed by atoms with Crippen LogP contribution in [0.3, 0.4) is 0 Å². The Labute approximate surface area is 125 Å². The van der Waals surface area contributed by atoms with E-state index >= 15 is 0 Å². The van der Waals surface area contributed by atoms with Gasteiger partial charge in [0.25, 0.3) is 0 Å². The minimum Gasteiger partial charge on any atom is -0.289 e. The number of carbonyl (C=O) groups excluding carboxylic acids is 2. The molecule has 0 N–H and O–H groups in total. The number of halogens is 2. The molecule has 4 aliphatic carbocycles. The number of ketones is 2. The fraction of sp³-hybridized carbons (Fsp3) is 0.125. The van der Waals surface area contributed by atoms with Gasteiger partial charge in [0.1, 0.15) is 0 Å². The molecule has 20 heavy (non-hydrogen) atoms. The van der Waals surface area contributed by atoms with Crippen molar-refractivity contribution in [1.82, 2.24) is 0 Å². The summed E-state index contributed by atoms with van der Waals surface area (Å²) in [5.74, 6) is -0.524. The van der Waals surface area contributed by atoms with Crippen LogP contribution in [-0.2, 0) is 9.59 Å². The second-order valence-corrected chi connectivity index (χ2v) is 5.99. The molecule has 0 saturated heterocycles. The third-order valence-corrected chi connectivity index (χ3v) is 4.75. The maximum atomic E-state index is 12.1. The SMILES string of the molecule is O=C1C=C(Cl)[C@H]2C=CC3=C4C2=C1C=C[C@@H]4C(Cl)=CC3=O. The summed E-state index contributed by atoms with van der Waals surface area (Å²) < 4.78 is 0. The molecule has 0 saturated carbocycles. The van der Waals surface area contributed by atoms with Crippen LogP contribution in [0.4, 0.5) is 0 Å². The molecular formula is C16H8Cl2O2. The van der Waals surface area contributed by atoms with Crippen LogP contribution in [0.15, 0.2) is 68.8 Å². The normalized spacial score (nSPS) is 30.5. The molecule has 0 spiro atoms. The molecule has 0 aromatic carbocycles. The summed E-state index contributed by atoms with van der Waals surface area (Å²) in [5, 5.41) is 0.979. The van der Waals surface area contributed by atoms with E-state index in [0.29, 0.717) is 21.2 Å². The van der Waals surface area contributed by atoms with E-state index in [-0.39, 0.29) is 23.4 Å². The Hall–Kier alpha value is -1.64. The molecule has 0 heterocycles. The molecule has 0 aliphatic heterocycles. The number of rotatable bonds is 0. The van der Waals surface area contributed by atoms with E-state index in [4.69, 9.17) is 23.2 Å². The van der Waals surface area contributed by atoms with Crippen LogP contribution in [0, 0.1) is 11.8 Å². The van der Waals surface area contributed by atoms with Crippen molar-refractivity contribution in [2.24, 2.45) is 11.8 Å². The summed E-state index contributed by atoms with van der Waals surface area (Å²) >= 11 is 12.4. The number of carbonyl (C=O) groups is 2. The summed E-state index contributed by atoms with van der Waals surface area (Å²) in [4.78, 5) is 24.2. The third kappa shape index (κ3) is 1.41. The molecule has 0 amide bonds. The lowest BCUT2D eigenvalue weighted by molar-refractivity contribution is -0.112. The van der Waals surface area contributed by atoms with Crippen molar-refractivity contribution >= 4 is 34.8 Å². The molecule has 4 aliphatic rings. The van der Waals surface area contributed by atoms with E-state index in [1.54, 1.807) is 12.2 Å². The lowest BCUT2D eigenvalue weighted by Gasteiger charge is -2.36. The van der Waals surface area contributed by atoms with Crippen molar-refractivity contribution < 1.29 is 9.59 Å². The van der Waals surface area contributed by atoms with E-state index in [2.05, 4.69) is 0 Å². The van der Waals surface area contributed by atoms with Gasteiger partial charge in [-0.3, -0.25) is 9.59 Å². The monoisotopic (exact) mass is 302 g/mol. The zero-order valence-electron chi connectivity index (χ0n) is 10.2. The maximum Gasteiger partial charge on any atom is 0.187 e. The lowest BCUT2D eigenvalue weighted by atomic mass is 9.68. The Bertz CT molecular complexity index is 706. The van der Waals surface area contributed by atoms with Gasteiger partial charge in [0.15, 0.2) is 11.6 Å². The summed E-state index contributed by atoms with van der Waals surface area (Å²) in [6, 6.07) is 0. The molecule has 0 radical (unpaired) electrons. The van der Waals surface area contributed by atoms with Gasteiger partial charge < -0.3 is 0 Å². The largest absolute Gasteiger partial charge is 0.289 e. The Morgan fingerprint density at radius 3 is 1.55 bits per heavy atom. The van der Waals surface area contributed by atoms with E-state index < -0.39 is 0 Å². The predicted molar refractivity (Wildman–Crippen MR) is 77.2 cm³/mol. The van der Waals surface area contributed by atoms with Crippen molar-refractivity contribution in [3.05, 3.63) is 68.8 Å². The number of hydrogen-bond acceptors (Lipinski definition) is 2. The summed E-state index contributed by atoms with van der Waals surface area (Å²) in [7, 11) is 0. The van der Waals surface area contributed by atoms with Crippen LogP contribution < -0.4 is 0 Å². The zero-order valence-corrected chi connectivity index (χ0v) is 11.7. The van der Waals surface area contributed by atoms with Gasteiger partial charge in [-0.05, 0) is 11.1 Å². The van der Waals surface area contributed by atoms with Crippen LogP contribution in [0.5, 0.6) is 0 Å². The Kier molecular flexibility index (Phi) is 2.39. The highest BCUT2D eigenvalue weighted by Gasteiger charge is 2.40. The topological polar surface area (TPSA) is 34.1 Å². The zero-order chi connectivity index (χ0) is 14.0. The molecule has 2 atom stereocenters. The number of allylic oxidation sites excluding steroid dienone is 12.